The van der Waals surface area contributed by atoms with E-state index in [-0.39, 0.29) is 12.5 Å². The number of amides is 2. The third-order valence-corrected chi connectivity index (χ3v) is 4.80. The van der Waals surface area contributed by atoms with E-state index in [2.05, 4.69) is 11.9 Å². The molecule has 2 heterocycles. The van der Waals surface area contributed by atoms with Gasteiger partial charge in [0.1, 0.15) is 17.7 Å². The Bertz CT molecular complexity index is 618. The van der Waals surface area contributed by atoms with Crippen molar-refractivity contribution in [3.63, 3.8) is 0 Å². The molecule has 8 heteroatoms. The van der Waals surface area contributed by atoms with Crippen molar-refractivity contribution in [1.82, 2.24) is 15.1 Å². The normalized spacial score (nSPS) is 18.8. The fraction of sp³-hybridized carbons (Fsp3) is 0.750. The molecule has 2 aliphatic heterocycles. The Hall–Kier alpha value is -2.25. The number of nitrogens with zero attached hydrogens (tertiary/aromatic N) is 2. The van der Waals surface area contributed by atoms with Gasteiger partial charge in [-0.05, 0) is 34.1 Å². The zero-order valence-corrected chi connectivity index (χ0v) is 17.5. The molecule has 2 rings (SSSR count). The molecule has 8 nitrogen and oxygen atoms in total. The van der Waals surface area contributed by atoms with Crippen LogP contribution in [0.25, 0.3) is 0 Å². The minimum atomic E-state index is -0.614. The van der Waals surface area contributed by atoms with Crippen molar-refractivity contribution in [2.24, 2.45) is 0 Å². The SMILES string of the molecule is C=C(C)NCCCC(=O)N1CCC2(CC1)CN(CC(=O)OC(C)(C)C)C(=O)O2. The number of esters is 1. The molecule has 2 aliphatic rings. The van der Waals surface area contributed by atoms with Gasteiger partial charge in [-0.3, -0.25) is 14.5 Å². The van der Waals surface area contributed by atoms with Crippen molar-refractivity contribution in [2.45, 2.75) is 64.6 Å². The molecule has 0 saturated carbocycles. The molecular formula is C20H33N3O5. The van der Waals surface area contributed by atoms with Crippen molar-refractivity contribution in [2.75, 3.05) is 32.7 Å². The molecule has 0 aromatic carbocycles. The minimum absolute atomic E-state index is 0.115. The predicted molar refractivity (Wildman–Crippen MR) is 104 cm³/mol. The molecule has 0 atom stereocenters. The first kappa shape index (κ1) is 22.0. The lowest BCUT2D eigenvalue weighted by Gasteiger charge is -2.37. The number of likely N-dealkylation sites (tertiary alicyclic amines) is 1. The van der Waals surface area contributed by atoms with Gasteiger partial charge in [0, 0.05) is 44.6 Å². The van der Waals surface area contributed by atoms with Gasteiger partial charge in [-0.1, -0.05) is 6.58 Å². The van der Waals surface area contributed by atoms with Crippen LogP contribution in [-0.4, -0.2) is 71.7 Å². The van der Waals surface area contributed by atoms with Gasteiger partial charge in [0.05, 0.1) is 6.54 Å². The average Bonchev–Trinajstić information content (AvgIpc) is 2.85. The van der Waals surface area contributed by atoms with Crippen LogP contribution >= 0.6 is 0 Å². The van der Waals surface area contributed by atoms with Gasteiger partial charge in [0.25, 0.3) is 0 Å². The van der Waals surface area contributed by atoms with Crippen molar-refractivity contribution in [3.8, 4) is 0 Å². The highest BCUT2D eigenvalue weighted by atomic mass is 16.6. The fourth-order valence-corrected chi connectivity index (χ4v) is 3.47. The Morgan fingerprint density at radius 2 is 1.93 bits per heavy atom. The van der Waals surface area contributed by atoms with Crippen LogP contribution in [0.5, 0.6) is 0 Å². The second-order valence-electron chi connectivity index (χ2n) is 8.68. The summed E-state index contributed by atoms with van der Waals surface area (Å²) in [6.07, 6.45) is 1.92. The quantitative estimate of drug-likeness (QED) is 0.524. The molecule has 0 aromatic rings. The summed E-state index contributed by atoms with van der Waals surface area (Å²) in [5, 5.41) is 3.12. The highest BCUT2D eigenvalue weighted by molar-refractivity contribution is 5.80. The lowest BCUT2D eigenvalue weighted by Crippen LogP contribution is -2.49. The van der Waals surface area contributed by atoms with Gasteiger partial charge in [0.2, 0.25) is 5.91 Å². The maximum atomic E-state index is 12.3. The highest BCUT2D eigenvalue weighted by Crippen LogP contribution is 2.33. The van der Waals surface area contributed by atoms with Gasteiger partial charge < -0.3 is 19.7 Å². The number of nitrogens with one attached hydrogen (secondary N) is 1. The lowest BCUT2D eigenvalue weighted by atomic mass is 9.91. The van der Waals surface area contributed by atoms with E-state index in [4.69, 9.17) is 9.47 Å². The Morgan fingerprint density at radius 1 is 1.29 bits per heavy atom. The average molecular weight is 396 g/mol. The summed E-state index contributed by atoms with van der Waals surface area (Å²) in [5.74, 6) is -0.328. The standard InChI is InChI=1S/C20H33N3O5/c1-15(2)21-10-6-7-16(24)22-11-8-20(9-12-22)14-23(18(26)28-20)13-17(25)27-19(3,4)5/h21H,1,6-14H2,2-5H3. The number of allylic oxidation sites excluding steroid dienone is 1. The van der Waals surface area contributed by atoms with E-state index in [9.17, 15) is 14.4 Å². The zero-order valence-electron chi connectivity index (χ0n) is 17.5. The molecule has 0 radical (unpaired) electrons. The molecule has 2 saturated heterocycles. The van der Waals surface area contributed by atoms with Crippen molar-refractivity contribution in [1.29, 1.82) is 0 Å². The maximum absolute atomic E-state index is 12.3. The Balaban J connectivity index is 1.78. The molecule has 0 aliphatic carbocycles. The molecule has 0 aromatic heterocycles. The van der Waals surface area contributed by atoms with Gasteiger partial charge in [0.15, 0.2) is 0 Å². The molecule has 0 bridgehead atoms. The van der Waals surface area contributed by atoms with Gasteiger partial charge in [-0.15, -0.1) is 0 Å². The van der Waals surface area contributed by atoms with Gasteiger partial charge in [-0.2, -0.15) is 0 Å². The smallest absolute Gasteiger partial charge is 0.411 e. The van der Waals surface area contributed by atoms with E-state index in [0.717, 1.165) is 18.7 Å². The molecular weight excluding hydrogens is 362 g/mol. The van der Waals surface area contributed by atoms with E-state index < -0.39 is 23.3 Å². The summed E-state index contributed by atoms with van der Waals surface area (Å²) in [6, 6.07) is 0. The number of rotatable bonds is 7. The van der Waals surface area contributed by atoms with Crippen LogP contribution in [0, 0.1) is 0 Å². The van der Waals surface area contributed by atoms with Crippen molar-refractivity contribution < 1.29 is 23.9 Å². The molecule has 2 amide bonds. The summed E-state index contributed by atoms with van der Waals surface area (Å²) in [4.78, 5) is 39.8. The zero-order chi connectivity index (χ0) is 20.9. The number of hydrogen-bond acceptors (Lipinski definition) is 6. The minimum Gasteiger partial charge on any atom is -0.459 e. The Morgan fingerprint density at radius 3 is 2.50 bits per heavy atom. The number of carbonyl (C=O) groups excluding carboxylic acids is 3. The first-order valence-corrected chi connectivity index (χ1v) is 9.87. The van der Waals surface area contributed by atoms with Crippen LogP contribution in [-0.2, 0) is 19.1 Å². The molecule has 1 N–H and O–H groups in total. The highest BCUT2D eigenvalue weighted by Gasteiger charge is 2.48. The largest absolute Gasteiger partial charge is 0.459 e. The van der Waals surface area contributed by atoms with Crippen LogP contribution in [0.4, 0.5) is 4.79 Å². The summed E-state index contributed by atoms with van der Waals surface area (Å²) in [7, 11) is 0. The Labute approximate surface area is 167 Å². The van der Waals surface area contributed by atoms with E-state index in [0.29, 0.717) is 38.9 Å². The summed E-state index contributed by atoms with van der Waals surface area (Å²) < 4.78 is 10.9. The number of piperidine rings is 1. The van der Waals surface area contributed by atoms with Crippen LogP contribution in [0.3, 0.4) is 0 Å². The molecule has 1 spiro atoms. The number of hydrogen-bond donors (Lipinski definition) is 1. The van der Waals surface area contributed by atoms with Crippen LogP contribution < -0.4 is 5.32 Å². The van der Waals surface area contributed by atoms with Crippen molar-refractivity contribution >= 4 is 18.0 Å². The van der Waals surface area contributed by atoms with E-state index in [1.807, 2.05) is 11.8 Å². The van der Waals surface area contributed by atoms with Crippen LogP contribution in [0.15, 0.2) is 12.3 Å². The Kier molecular flexibility index (Phi) is 6.96. The summed E-state index contributed by atoms with van der Waals surface area (Å²) in [5.41, 5.74) is -0.312. The second-order valence-corrected chi connectivity index (χ2v) is 8.68. The summed E-state index contributed by atoms with van der Waals surface area (Å²) >= 11 is 0. The molecule has 158 valence electrons. The summed E-state index contributed by atoms with van der Waals surface area (Å²) in [6.45, 7) is 13.1. The topological polar surface area (TPSA) is 88.2 Å². The van der Waals surface area contributed by atoms with E-state index in [1.165, 1.54) is 4.90 Å². The molecule has 2 fully saturated rings. The first-order valence-electron chi connectivity index (χ1n) is 9.87. The van der Waals surface area contributed by atoms with E-state index in [1.54, 1.807) is 20.8 Å². The third-order valence-electron chi connectivity index (χ3n) is 4.80. The van der Waals surface area contributed by atoms with Crippen LogP contribution in [0.2, 0.25) is 0 Å². The van der Waals surface area contributed by atoms with Gasteiger partial charge in [-0.25, -0.2) is 4.79 Å². The lowest BCUT2D eigenvalue weighted by molar-refractivity contribution is -0.155. The fourth-order valence-electron chi connectivity index (χ4n) is 3.47. The molecule has 0 unspecified atom stereocenters. The van der Waals surface area contributed by atoms with E-state index >= 15 is 0 Å². The van der Waals surface area contributed by atoms with Crippen LogP contribution in [0.1, 0.15) is 53.4 Å². The number of carbonyl (C=O) groups is 3. The predicted octanol–water partition coefficient (Wildman–Crippen LogP) is 2.04. The molecule has 28 heavy (non-hydrogen) atoms. The monoisotopic (exact) mass is 395 g/mol. The maximum Gasteiger partial charge on any atom is 0.411 e. The third kappa shape index (κ3) is 6.42. The second kappa shape index (κ2) is 8.84. The number of ether oxygens (including phenoxy) is 2. The van der Waals surface area contributed by atoms with Crippen molar-refractivity contribution in [3.05, 3.63) is 12.3 Å². The van der Waals surface area contributed by atoms with Gasteiger partial charge >= 0.3 is 12.1 Å². The first-order chi connectivity index (χ1) is 13.0.